The Hall–Kier alpha value is -2.18. The van der Waals surface area contributed by atoms with Gasteiger partial charge >= 0.3 is 0 Å². The van der Waals surface area contributed by atoms with Gasteiger partial charge in [-0.25, -0.2) is 0 Å². The molecule has 1 aromatic carbocycles. The summed E-state index contributed by atoms with van der Waals surface area (Å²) in [6, 6.07) is 11.3. The monoisotopic (exact) mass is 344 g/mol. The van der Waals surface area contributed by atoms with Crippen LogP contribution >= 0.6 is 11.3 Å². The minimum absolute atomic E-state index is 0.0314. The van der Waals surface area contributed by atoms with Crippen molar-refractivity contribution in [1.82, 2.24) is 5.32 Å². The fraction of sp³-hybridized carbons (Fsp3) is 0.333. The smallest absolute Gasteiger partial charge is 0.240 e. The highest BCUT2D eigenvalue weighted by Gasteiger charge is 2.28. The van der Waals surface area contributed by atoms with E-state index in [1.54, 1.807) is 6.92 Å². The number of carbonyl (C=O) groups excluding carboxylic acids is 2. The van der Waals surface area contributed by atoms with E-state index in [1.165, 1.54) is 16.2 Å². The number of rotatable bonds is 5. The molecule has 1 aliphatic heterocycles. The van der Waals surface area contributed by atoms with Gasteiger partial charge in [0.15, 0.2) is 0 Å². The Balaban J connectivity index is 1.64. The lowest BCUT2D eigenvalue weighted by Gasteiger charge is -2.29. The van der Waals surface area contributed by atoms with Crippen molar-refractivity contribution in [2.24, 2.45) is 0 Å². The zero-order chi connectivity index (χ0) is 17.2. The summed E-state index contributed by atoms with van der Waals surface area (Å²) in [5.41, 5.74) is 0.762. The molecular formula is C18H20N2O3S. The summed E-state index contributed by atoms with van der Waals surface area (Å²) in [4.78, 5) is 26.8. The van der Waals surface area contributed by atoms with Crippen molar-refractivity contribution in [3.63, 3.8) is 0 Å². The highest BCUT2D eigenvalue weighted by atomic mass is 32.1. The topological polar surface area (TPSA) is 69.6 Å². The summed E-state index contributed by atoms with van der Waals surface area (Å²) in [6.45, 7) is 1.74. The molecule has 0 saturated carbocycles. The zero-order valence-electron chi connectivity index (χ0n) is 13.5. The second-order valence-corrected chi connectivity index (χ2v) is 7.08. The molecule has 2 amide bonds. The first-order valence-electron chi connectivity index (χ1n) is 7.89. The van der Waals surface area contributed by atoms with Gasteiger partial charge < -0.3 is 15.3 Å². The van der Waals surface area contributed by atoms with E-state index in [2.05, 4.69) is 5.32 Å². The van der Waals surface area contributed by atoms with Crippen molar-refractivity contribution >= 4 is 28.8 Å². The van der Waals surface area contributed by atoms with Gasteiger partial charge in [-0.05, 0) is 36.4 Å². The summed E-state index contributed by atoms with van der Waals surface area (Å²) in [5.74, 6) is -0.328. The van der Waals surface area contributed by atoms with Gasteiger partial charge in [0.2, 0.25) is 11.8 Å². The number of aliphatic hydroxyl groups is 1. The van der Waals surface area contributed by atoms with Gasteiger partial charge in [-0.2, -0.15) is 0 Å². The van der Waals surface area contributed by atoms with Crippen molar-refractivity contribution in [2.75, 3.05) is 18.0 Å². The Bertz CT molecular complexity index is 740. The number of amides is 2. The largest absolute Gasteiger partial charge is 0.383 e. The van der Waals surface area contributed by atoms with Crippen molar-refractivity contribution in [1.29, 1.82) is 0 Å². The van der Waals surface area contributed by atoms with E-state index in [1.807, 2.05) is 41.8 Å². The standard InChI is InChI=1S/C18H20N2O3S/c1-18(23,15-7-4-10-24-15)12-19-16(21)11-20-14-6-3-2-5-13(14)8-9-17(20)22/h2-7,10,23H,8-9,11-12H2,1H3,(H,19,21). The Morgan fingerprint density at radius 3 is 2.83 bits per heavy atom. The molecule has 0 spiro atoms. The summed E-state index contributed by atoms with van der Waals surface area (Å²) in [5, 5.41) is 15.1. The van der Waals surface area contributed by atoms with Crippen LogP contribution in [-0.4, -0.2) is 30.0 Å². The predicted molar refractivity (Wildman–Crippen MR) is 94.0 cm³/mol. The molecule has 0 radical (unpaired) electrons. The average Bonchev–Trinajstić information content (AvgIpc) is 3.11. The van der Waals surface area contributed by atoms with Gasteiger partial charge in [-0.3, -0.25) is 9.59 Å². The van der Waals surface area contributed by atoms with Gasteiger partial charge in [0, 0.05) is 17.0 Å². The maximum atomic E-state index is 12.3. The second-order valence-electron chi connectivity index (χ2n) is 6.14. The lowest BCUT2D eigenvalue weighted by molar-refractivity contribution is -0.124. The molecular weight excluding hydrogens is 324 g/mol. The average molecular weight is 344 g/mol. The van der Waals surface area contributed by atoms with Crippen LogP contribution in [0.25, 0.3) is 0 Å². The summed E-state index contributed by atoms with van der Waals surface area (Å²) >= 11 is 1.44. The molecule has 2 heterocycles. The van der Waals surface area contributed by atoms with Crippen LogP contribution in [-0.2, 0) is 21.6 Å². The van der Waals surface area contributed by atoms with Crippen LogP contribution in [0.15, 0.2) is 41.8 Å². The maximum absolute atomic E-state index is 12.3. The summed E-state index contributed by atoms with van der Waals surface area (Å²) in [6.07, 6.45) is 1.12. The number of anilines is 1. The molecule has 1 aliphatic rings. The van der Waals surface area contributed by atoms with E-state index in [0.29, 0.717) is 12.8 Å². The Morgan fingerprint density at radius 1 is 1.29 bits per heavy atom. The van der Waals surface area contributed by atoms with Crippen molar-refractivity contribution in [3.05, 3.63) is 52.2 Å². The molecule has 0 aliphatic carbocycles. The molecule has 0 bridgehead atoms. The number of fused-ring (bicyclic) bond motifs is 1. The third-order valence-corrected chi connectivity index (χ3v) is 5.30. The lowest BCUT2D eigenvalue weighted by Crippen LogP contribution is -2.46. The maximum Gasteiger partial charge on any atom is 0.240 e. The molecule has 2 aromatic rings. The first-order valence-corrected chi connectivity index (χ1v) is 8.77. The molecule has 5 nitrogen and oxygen atoms in total. The van der Waals surface area contributed by atoms with Crippen molar-refractivity contribution in [2.45, 2.75) is 25.4 Å². The van der Waals surface area contributed by atoms with Crippen LogP contribution in [0.2, 0.25) is 0 Å². The number of aryl methyl sites for hydroxylation is 1. The predicted octanol–water partition coefficient (Wildman–Crippen LogP) is 2.05. The molecule has 126 valence electrons. The normalized spacial score (nSPS) is 16.4. The van der Waals surface area contributed by atoms with E-state index in [0.717, 1.165) is 16.1 Å². The van der Waals surface area contributed by atoms with Crippen LogP contribution in [0.3, 0.4) is 0 Å². The van der Waals surface area contributed by atoms with Crippen LogP contribution < -0.4 is 10.2 Å². The third-order valence-electron chi connectivity index (χ3n) is 4.18. The van der Waals surface area contributed by atoms with Gasteiger partial charge in [0.05, 0.1) is 6.54 Å². The lowest BCUT2D eigenvalue weighted by atomic mass is 10.0. The van der Waals surface area contributed by atoms with E-state index in [4.69, 9.17) is 0 Å². The fourth-order valence-electron chi connectivity index (χ4n) is 2.81. The number of hydrogen-bond acceptors (Lipinski definition) is 4. The van der Waals surface area contributed by atoms with E-state index >= 15 is 0 Å². The quantitative estimate of drug-likeness (QED) is 0.872. The van der Waals surface area contributed by atoms with Crippen molar-refractivity contribution < 1.29 is 14.7 Å². The number of benzene rings is 1. The Kier molecular flexibility index (Phi) is 4.69. The van der Waals surface area contributed by atoms with E-state index in [9.17, 15) is 14.7 Å². The molecule has 1 unspecified atom stereocenters. The van der Waals surface area contributed by atoms with Crippen molar-refractivity contribution in [3.8, 4) is 0 Å². The molecule has 6 heteroatoms. The Morgan fingerprint density at radius 2 is 2.08 bits per heavy atom. The van der Waals surface area contributed by atoms with Crippen LogP contribution in [0.4, 0.5) is 5.69 Å². The summed E-state index contributed by atoms with van der Waals surface area (Å²) in [7, 11) is 0. The molecule has 3 rings (SSSR count). The minimum Gasteiger partial charge on any atom is -0.383 e. The van der Waals surface area contributed by atoms with Gasteiger partial charge in [-0.15, -0.1) is 11.3 Å². The van der Waals surface area contributed by atoms with Gasteiger partial charge in [0.1, 0.15) is 12.1 Å². The number of para-hydroxylation sites is 1. The Labute approximate surface area is 144 Å². The number of nitrogens with zero attached hydrogens (tertiary/aromatic N) is 1. The second kappa shape index (κ2) is 6.75. The highest BCUT2D eigenvalue weighted by molar-refractivity contribution is 7.10. The molecule has 2 N–H and O–H groups in total. The molecule has 24 heavy (non-hydrogen) atoms. The van der Waals surface area contributed by atoms with Crippen LogP contribution in [0.5, 0.6) is 0 Å². The summed E-state index contributed by atoms with van der Waals surface area (Å²) < 4.78 is 0. The van der Waals surface area contributed by atoms with Crippen LogP contribution in [0, 0.1) is 0 Å². The molecule has 0 saturated heterocycles. The van der Waals surface area contributed by atoms with E-state index < -0.39 is 5.60 Å². The van der Waals surface area contributed by atoms with Gasteiger partial charge in [-0.1, -0.05) is 24.3 Å². The minimum atomic E-state index is -1.12. The van der Waals surface area contributed by atoms with E-state index in [-0.39, 0.29) is 24.9 Å². The molecule has 1 atom stereocenters. The van der Waals surface area contributed by atoms with Gasteiger partial charge in [0.25, 0.3) is 0 Å². The highest BCUT2D eigenvalue weighted by Crippen LogP contribution is 2.27. The van der Waals surface area contributed by atoms with Crippen LogP contribution in [0.1, 0.15) is 23.8 Å². The third kappa shape index (κ3) is 3.49. The number of hydrogen-bond donors (Lipinski definition) is 2. The number of nitrogens with one attached hydrogen (secondary N) is 1. The first kappa shape index (κ1) is 16.7. The zero-order valence-corrected chi connectivity index (χ0v) is 14.3. The number of thiophene rings is 1. The SMILES string of the molecule is CC(O)(CNC(=O)CN1C(=O)CCc2ccccc21)c1cccs1. The first-order chi connectivity index (χ1) is 11.5. The molecule has 0 fully saturated rings. The fourth-order valence-corrected chi connectivity index (χ4v) is 3.60. The molecule has 1 aromatic heterocycles. The number of carbonyl (C=O) groups is 2.